The highest BCUT2D eigenvalue weighted by molar-refractivity contribution is 5.23. The van der Waals surface area contributed by atoms with Crippen LogP contribution in [0.5, 0.6) is 0 Å². The van der Waals surface area contributed by atoms with Gasteiger partial charge in [-0.25, -0.2) is 4.39 Å². The molecular formula is C11H15F2N. The van der Waals surface area contributed by atoms with Gasteiger partial charge in [0.25, 0.3) is 0 Å². The zero-order valence-corrected chi connectivity index (χ0v) is 8.32. The Morgan fingerprint density at radius 2 is 2.14 bits per heavy atom. The van der Waals surface area contributed by atoms with Crippen molar-refractivity contribution in [2.75, 3.05) is 13.2 Å². The molecule has 0 unspecified atom stereocenters. The lowest BCUT2D eigenvalue weighted by molar-refractivity contribution is 0.459. The molecule has 14 heavy (non-hydrogen) atoms. The van der Waals surface area contributed by atoms with Gasteiger partial charge >= 0.3 is 0 Å². The normalized spacial score (nSPS) is 10.5. The van der Waals surface area contributed by atoms with Crippen molar-refractivity contribution in [2.45, 2.75) is 19.9 Å². The zero-order valence-electron chi connectivity index (χ0n) is 8.32. The van der Waals surface area contributed by atoms with Crippen LogP contribution in [0.2, 0.25) is 0 Å². The Hall–Kier alpha value is -0.960. The van der Waals surface area contributed by atoms with Gasteiger partial charge in [-0.05, 0) is 37.1 Å². The van der Waals surface area contributed by atoms with Crippen LogP contribution >= 0.6 is 0 Å². The van der Waals surface area contributed by atoms with E-state index in [-0.39, 0.29) is 12.5 Å². The van der Waals surface area contributed by atoms with Gasteiger partial charge in [0.05, 0.1) is 6.67 Å². The van der Waals surface area contributed by atoms with Gasteiger partial charge in [0.2, 0.25) is 0 Å². The molecule has 1 rings (SSSR count). The highest BCUT2D eigenvalue weighted by atomic mass is 19.1. The average Bonchev–Trinajstić information content (AvgIpc) is 2.18. The molecule has 0 amide bonds. The summed E-state index contributed by atoms with van der Waals surface area (Å²) in [5.74, 6) is -0.183. The second-order valence-corrected chi connectivity index (χ2v) is 3.30. The Labute approximate surface area is 83.1 Å². The lowest BCUT2D eigenvalue weighted by Crippen LogP contribution is -2.15. The third-order valence-corrected chi connectivity index (χ3v) is 2.04. The van der Waals surface area contributed by atoms with Gasteiger partial charge in [0.15, 0.2) is 0 Å². The molecule has 0 atom stereocenters. The summed E-state index contributed by atoms with van der Waals surface area (Å²) >= 11 is 0. The van der Waals surface area contributed by atoms with Crippen molar-refractivity contribution in [3.8, 4) is 0 Å². The smallest absolute Gasteiger partial charge is 0.126 e. The van der Waals surface area contributed by atoms with Crippen LogP contribution in [0, 0.1) is 12.7 Å². The largest absolute Gasteiger partial charge is 0.313 e. The number of aryl methyl sites for hydroxylation is 1. The van der Waals surface area contributed by atoms with E-state index in [2.05, 4.69) is 5.32 Å². The minimum atomic E-state index is -0.296. The fraction of sp³-hybridized carbons (Fsp3) is 0.455. The van der Waals surface area contributed by atoms with E-state index in [1.54, 1.807) is 19.1 Å². The topological polar surface area (TPSA) is 12.0 Å². The Morgan fingerprint density at radius 3 is 2.79 bits per heavy atom. The molecule has 0 saturated carbocycles. The monoisotopic (exact) mass is 199 g/mol. The molecule has 78 valence electrons. The maximum Gasteiger partial charge on any atom is 0.126 e. The molecule has 1 aromatic carbocycles. The molecule has 0 aliphatic rings. The summed E-state index contributed by atoms with van der Waals surface area (Å²) in [6.45, 7) is 2.77. The van der Waals surface area contributed by atoms with Crippen molar-refractivity contribution in [3.63, 3.8) is 0 Å². The van der Waals surface area contributed by atoms with Crippen molar-refractivity contribution in [1.29, 1.82) is 0 Å². The van der Waals surface area contributed by atoms with Gasteiger partial charge in [-0.2, -0.15) is 0 Å². The summed E-state index contributed by atoms with van der Waals surface area (Å²) < 4.78 is 24.6. The highest BCUT2D eigenvalue weighted by Gasteiger charge is 1.98. The minimum Gasteiger partial charge on any atom is -0.313 e. The standard InChI is InChI=1S/C11H15F2N/c1-9-7-10(3-4-11(9)13)8-14-6-2-5-12/h3-4,7,14H,2,5-6,8H2,1H3. The summed E-state index contributed by atoms with van der Waals surface area (Å²) in [6, 6.07) is 5.00. The van der Waals surface area contributed by atoms with Crippen LogP contribution in [0.15, 0.2) is 18.2 Å². The van der Waals surface area contributed by atoms with E-state index in [4.69, 9.17) is 0 Å². The predicted molar refractivity (Wildman–Crippen MR) is 53.4 cm³/mol. The predicted octanol–water partition coefficient (Wildman–Crippen LogP) is 2.58. The van der Waals surface area contributed by atoms with E-state index in [0.29, 0.717) is 25.1 Å². The summed E-state index contributed by atoms with van der Waals surface area (Å²) in [7, 11) is 0. The van der Waals surface area contributed by atoms with Gasteiger partial charge in [0.1, 0.15) is 5.82 Å². The molecule has 1 aromatic rings. The minimum absolute atomic E-state index is 0.183. The van der Waals surface area contributed by atoms with Gasteiger partial charge in [-0.3, -0.25) is 4.39 Å². The molecule has 1 nitrogen and oxygen atoms in total. The molecule has 0 radical (unpaired) electrons. The van der Waals surface area contributed by atoms with Crippen molar-refractivity contribution >= 4 is 0 Å². The van der Waals surface area contributed by atoms with Crippen molar-refractivity contribution in [2.24, 2.45) is 0 Å². The van der Waals surface area contributed by atoms with Crippen LogP contribution in [-0.2, 0) is 6.54 Å². The van der Waals surface area contributed by atoms with Crippen molar-refractivity contribution < 1.29 is 8.78 Å². The summed E-state index contributed by atoms with van der Waals surface area (Å²) in [5.41, 5.74) is 1.68. The number of nitrogens with one attached hydrogen (secondary N) is 1. The van der Waals surface area contributed by atoms with Crippen molar-refractivity contribution in [3.05, 3.63) is 35.1 Å². The Balaban J connectivity index is 2.39. The van der Waals surface area contributed by atoms with Crippen molar-refractivity contribution in [1.82, 2.24) is 5.32 Å². The molecule has 0 aliphatic heterocycles. The second kappa shape index (κ2) is 5.70. The summed E-state index contributed by atoms with van der Waals surface area (Å²) in [5, 5.41) is 3.09. The van der Waals surface area contributed by atoms with Gasteiger partial charge in [0, 0.05) is 6.54 Å². The van der Waals surface area contributed by atoms with Crippen LogP contribution in [0.3, 0.4) is 0 Å². The summed E-state index contributed by atoms with van der Waals surface area (Å²) in [6.07, 6.45) is 0.528. The lowest BCUT2D eigenvalue weighted by atomic mass is 10.1. The fourth-order valence-corrected chi connectivity index (χ4v) is 1.24. The Morgan fingerprint density at radius 1 is 1.36 bits per heavy atom. The molecular weight excluding hydrogens is 184 g/mol. The number of benzene rings is 1. The van der Waals surface area contributed by atoms with Crippen LogP contribution in [0.4, 0.5) is 8.78 Å². The van der Waals surface area contributed by atoms with E-state index in [0.717, 1.165) is 5.56 Å². The fourth-order valence-electron chi connectivity index (χ4n) is 1.24. The second-order valence-electron chi connectivity index (χ2n) is 3.30. The van der Waals surface area contributed by atoms with Crippen LogP contribution in [-0.4, -0.2) is 13.2 Å². The molecule has 0 bridgehead atoms. The molecule has 0 aromatic heterocycles. The van der Waals surface area contributed by atoms with Crippen LogP contribution in [0.25, 0.3) is 0 Å². The molecule has 0 fully saturated rings. The quantitative estimate of drug-likeness (QED) is 0.719. The lowest BCUT2D eigenvalue weighted by Gasteiger charge is -2.04. The van der Waals surface area contributed by atoms with E-state index in [9.17, 15) is 8.78 Å². The molecule has 0 spiro atoms. The molecule has 3 heteroatoms. The Bertz CT molecular complexity index is 287. The average molecular weight is 199 g/mol. The summed E-state index contributed by atoms with van der Waals surface area (Å²) in [4.78, 5) is 0. The first-order valence-electron chi connectivity index (χ1n) is 4.75. The van der Waals surface area contributed by atoms with E-state index < -0.39 is 0 Å². The zero-order chi connectivity index (χ0) is 10.4. The first-order chi connectivity index (χ1) is 6.74. The van der Waals surface area contributed by atoms with Gasteiger partial charge in [-0.1, -0.05) is 12.1 Å². The third-order valence-electron chi connectivity index (χ3n) is 2.04. The van der Waals surface area contributed by atoms with E-state index in [1.165, 1.54) is 6.07 Å². The number of hydrogen-bond acceptors (Lipinski definition) is 1. The van der Waals surface area contributed by atoms with E-state index >= 15 is 0 Å². The number of alkyl halides is 1. The van der Waals surface area contributed by atoms with Crippen LogP contribution in [0.1, 0.15) is 17.5 Å². The van der Waals surface area contributed by atoms with E-state index in [1.807, 2.05) is 0 Å². The number of hydrogen-bond donors (Lipinski definition) is 1. The molecule has 0 saturated heterocycles. The highest BCUT2D eigenvalue weighted by Crippen LogP contribution is 2.08. The molecule has 1 N–H and O–H groups in total. The first kappa shape index (κ1) is 11.1. The maximum absolute atomic E-state index is 12.9. The third kappa shape index (κ3) is 3.42. The van der Waals surface area contributed by atoms with Gasteiger partial charge in [-0.15, -0.1) is 0 Å². The SMILES string of the molecule is Cc1cc(CNCCCF)ccc1F. The molecule has 0 aliphatic carbocycles. The maximum atomic E-state index is 12.9. The van der Waals surface area contributed by atoms with Gasteiger partial charge < -0.3 is 5.32 Å². The number of halogens is 2. The first-order valence-corrected chi connectivity index (χ1v) is 4.75. The Kier molecular flexibility index (Phi) is 4.53. The molecule has 0 heterocycles. The number of rotatable bonds is 5. The van der Waals surface area contributed by atoms with Crippen LogP contribution < -0.4 is 5.32 Å².